The van der Waals surface area contributed by atoms with E-state index in [4.69, 9.17) is 16.6 Å². The lowest BCUT2D eigenvalue weighted by Gasteiger charge is -2.28. The minimum absolute atomic E-state index is 0.121. The second-order valence-electron chi connectivity index (χ2n) is 21.5. The molecule has 0 fully saturated rings. The predicted octanol–water partition coefficient (Wildman–Crippen LogP) is -2.11. The summed E-state index contributed by atoms with van der Waals surface area (Å²) >= 11 is 0. The molecule has 0 spiro atoms. The van der Waals surface area contributed by atoms with E-state index in [0.717, 1.165) is 0 Å². The first-order valence-electron chi connectivity index (χ1n) is 28.6. The van der Waals surface area contributed by atoms with Crippen LogP contribution in [-0.2, 0) is 83.2 Å². The van der Waals surface area contributed by atoms with Gasteiger partial charge in [0.1, 0.15) is 54.1 Å². The number of phenols is 1. The van der Waals surface area contributed by atoms with Crippen LogP contribution >= 0.6 is 0 Å². The molecule has 0 bridgehead atoms. The van der Waals surface area contributed by atoms with Crippen molar-refractivity contribution in [2.24, 2.45) is 11.5 Å². The van der Waals surface area contributed by atoms with Gasteiger partial charge < -0.3 is 94.6 Å². The minimum Gasteiger partial charge on any atom is -0.508 e. The number of carbonyl (C=O) groups is 12. The van der Waals surface area contributed by atoms with E-state index in [2.05, 4.69) is 52.5 Å². The number of para-hydroxylation sites is 2. The zero-order valence-corrected chi connectivity index (χ0v) is 49.1. The fraction of sp³-hybridized carbons (Fsp3) is 0.344. The van der Waals surface area contributed by atoms with Crippen LogP contribution in [0.1, 0.15) is 61.3 Å². The van der Waals surface area contributed by atoms with Crippen molar-refractivity contribution in [3.8, 4) is 5.75 Å². The molecular formula is C61H72N12O18. The molecular weight excluding hydrogens is 1190 g/mol. The van der Waals surface area contributed by atoms with E-state index in [1.807, 2.05) is 0 Å². The van der Waals surface area contributed by atoms with Gasteiger partial charge in [-0.15, -0.1) is 0 Å². The van der Waals surface area contributed by atoms with Crippen molar-refractivity contribution < 1.29 is 88.2 Å². The monoisotopic (exact) mass is 1260 g/mol. The molecule has 0 saturated carbocycles. The molecule has 2 heterocycles. The van der Waals surface area contributed by atoms with Crippen LogP contribution in [0.5, 0.6) is 5.75 Å². The Balaban J connectivity index is 1.26. The molecule has 2 aromatic heterocycles. The van der Waals surface area contributed by atoms with Gasteiger partial charge in [-0.3, -0.25) is 52.7 Å². The first-order valence-corrected chi connectivity index (χ1v) is 28.6. The summed E-state index contributed by atoms with van der Waals surface area (Å²) in [5, 5.41) is 80.3. The van der Waals surface area contributed by atoms with Gasteiger partial charge in [0.25, 0.3) is 0 Å². The van der Waals surface area contributed by atoms with Crippen LogP contribution in [0.25, 0.3) is 21.8 Å². The molecule has 0 aliphatic rings. The highest BCUT2D eigenvalue weighted by Crippen LogP contribution is 2.22. The number of aromatic amines is 2. The molecule has 0 radical (unpaired) electrons. The van der Waals surface area contributed by atoms with Gasteiger partial charge in [0.2, 0.25) is 53.2 Å². The predicted molar refractivity (Wildman–Crippen MR) is 323 cm³/mol. The van der Waals surface area contributed by atoms with Crippen LogP contribution in [-0.4, -0.2) is 179 Å². The standard InChI is InChI=1S/C61H72N12O18/c1-31(75)52(73-53(82)39(62)19-22-50(78)79)60(89)70-45(26-35-29-65-41-14-8-6-12-38(35)41)57(86)68-44(25-34-28-64-40-13-7-5-11-37(34)40)56(85)66-42(20-21-49(63)77)54(83)72-48(30-74)59(88)67-43(23-32-9-3-2-4-10-32)55(84)69-46(27-51(80)81)58(87)71-47(61(90)91)24-33-15-17-36(76)18-16-33/h2-18,28-29,31,39,42-48,52,64-65,74-76H,19-27,30,62H2,1H3,(H2,63,77)(H,66,85)(H,67,88)(H,68,86)(H,69,84)(H,70,89)(H,71,87)(H,72,83)(H,73,82)(H,78,79)(H,80,81)(H,90,91)/t31-,39+,42+,43+,44+,45+,46+,47+,48+,52+/m1/s1. The second-order valence-corrected chi connectivity index (χ2v) is 21.5. The molecule has 30 nitrogen and oxygen atoms in total. The summed E-state index contributed by atoms with van der Waals surface area (Å²) in [5.74, 6) is -14.5. The van der Waals surface area contributed by atoms with E-state index in [-0.39, 0.29) is 37.9 Å². The summed E-state index contributed by atoms with van der Waals surface area (Å²) in [6.07, 6.45) is -2.74. The number of aliphatic hydroxyl groups excluding tert-OH is 2. The quantitative estimate of drug-likeness (QED) is 0.0203. The number of primary amides is 1. The van der Waals surface area contributed by atoms with Crippen LogP contribution < -0.4 is 54.0 Å². The maximum Gasteiger partial charge on any atom is 0.326 e. The summed E-state index contributed by atoms with van der Waals surface area (Å²) in [6.45, 7) is -0.00229. The van der Waals surface area contributed by atoms with Gasteiger partial charge in [-0.1, -0.05) is 78.9 Å². The number of nitrogens with two attached hydrogens (primary N) is 2. The first-order chi connectivity index (χ1) is 43.3. The number of hydrogen-bond acceptors (Lipinski definition) is 16. The SMILES string of the molecule is C[C@@H](O)[C@H](NC(=O)[C@@H](N)CCC(=O)O)C(=O)N[C@@H](Cc1c[nH]c2ccccc12)C(=O)N[C@@H](Cc1c[nH]c2ccccc12)C(=O)N[C@@H](CCC(N)=O)C(=O)N[C@@H](CO)C(=O)N[C@@H](Cc1ccccc1)C(=O)N[C@@H](CC(=O)O)C(=O)N[C@@H](Cc1ccc(O)cc1)C(=O)O. The van der Waals surface area contributed by atoms with Crippen molar-refractivity contribution in [2.75, 3.05) is 6.61 Å². The third-order valence-corrected chi connectivity index (χ3v) is 14.6. The fourth-order valence-corrected chi connectivity index (χ4v) is 9.69. The van der Waals surface area contributed by atoms with Crippen LogP contribution in [0.3, 0.4) is 0 Å². The first kappa shape index (κ1) is 69.4. The van der Waals surface area contributed by atoms with Crippen molar-refractivity contribution >= 4 is 92.9 Å². The van der Waals surface area contributed by atoms with Gasteiger partial charge in [-0.05, 0) is 66.3 Å². The number of amides is 9. The maximum absolute atomic E-state index is 14.9. The highest BCUT2D eigenvalue weighted by molar-refractivity contribution is 6.00. The zero-order valence-electron chi connectivity index (χ0n) is 49.1. The van der Waals surface area contributed by atoms with Crippen molar-refractivity contribution in [3.63, 3.8) is 0 Å². The molecule has 6 rings (SSSR count). The molecule has 484 valence electrons. The van der Waals surface area contributed by atoms with E-state index < -0.39 is 164 Å². The average Bonchev–Trinajstić information content (AvgIpc) is 2.10. The summed E-state index contributed by atoms with van der Waals surface area (Å²) < 4.78 is 0. The van der Waals surface area contributed by atoms with Gasteiger partial charge in [-0.25, -0.2) is 4.79 Å². The zero-order chi connectivity index (χ0) is 66.5. The highest BCUT2D eigenvalue weighted by Gasteiger charge is 2.37. The molecule has 20 N–H and O–H groups in total. The summed E-state index contributed by atoms with van der Waals surface area (Å²) in [7, 11) is 0. The molecule has 9 amide bonds. The molecule has 6 aromatic rings. The number of aromatic nitrogens is 2. The summed E-state index contributed by atoms with van der Waals surface area (Å²) in [5.41, 5.74) is 14.4. The lowest BCUT2D eigenvalue weighted by molar-refractivity contribution is -0.143. The number of aliphatic hydroxyl groups is 2. The lowest BCUT2D eigenvalue weighted by Crippen LogP contribution is -2.62. The molecule has 91 heavy (non-hydrogen) atoms. The normalized spacial score (nSPS) is 14.5. The Labute approximate surface area is 518 Å². The van der Waals surface area contributed by atoms with Gasteiger partial charge >= 0.3 is 17.9 Å². The number of carboxylic acid groups (broad SMARTS) is 3. The molecule has 0 aliphatic heterocycles. The van der Waals surface area contributed by atoms with E-state index in [9.17, 15) is 83.1 Å². The van der Waals surface area contributed by atoms with Crippen LogP contribution in [0.4, 0.5) is 0 Å². The number of phenolic OH excluding ortho intramolecular Hbond substituents is 1. The van der Waals surface area contributed by atoms with Gasteiger partial charge in [0, 0.05) is 72.7 Å². The van der Waals surface area contributed by atoms with Gasteiger partial charge in [-0.2, -0.15) is 0 Å². The van der Waals surface area contributed by atoms with E-state index in [1.54, 1.807) is 91.3 Å². The maximum atomic E-state index is 14.9. The van der Waals surface area contributed by atoms with Gasteiger partial charge in [0.15, 0.2) is 0 Å². The van der Waals surface area contributed by atoms with E-state index in [1.165, 1.54) is 31.2 Å². The number of rotatable bonds is 35. The molecule has 10 atom stereocenters. The van der Waals surface area contributed by atoms with Crippen molar-refractivity contribution in [2.45, 2.75) is 125 Å². The topological polar surface area (TPSA) is 506 Å². The number of nitrogens with one attached hydrogen (secondary N) is 10. The summed E-state index contributed by atoms with van der Waals surface area (Å²) in [4.78, 5) is 167. The summed E-state index contributed by atoms with van der Waals surface area (Å²) in [6, 6.07) is 11.7. The molecule has 4 aromatic carbocycles. The number of carbonyl (C=O) groups excluding carboxylic acids is 9. The number of fused-ring (bicyclic) bond motifs is 2. The third kappa shape index (κ3) is 20.7. The average molecular weight is 1260 g/mol. The Hall–Kier alpha value is -10.7. The Morgan fingerprint density at radius 3 is 1.40 bits per heavy atom. The van der Waals surface area contributed by atoms with Crippen molar-refractivity contribution in [3.05, 3.63) is 138 Å². The van der Waals surface area contributed by atoms with Crippen LogP contribution in [0.2, 0.25) is 0 Å². The molecule has 0 aliphatic carbocycles. The van der Waals surface area contributed by atoms with E-state index in [0.29, 0.717) is 44.1 Å². The Kier molecular flexibility index (Phi) is 25.2. The number of carboxylic acids is 3. The van der Waals surface area contributed by atoms with Crippen LogP contribution in [0, 0.1) is 0 Å². The third-order valence-electron chi connectivity index (χ3n) is 14.6. The van der Waals surface area contributed by atoms with Gasteiger partial charge in [0.05, 0.1) is 25.2 Å². The van der Waals surface area contributed by atoms with Crippen LogP contribution in [0.15, 0.2) is 116 Å². The number of aromatic hydroxyl groups is 1. The Morgan fingerprint density at radius 2 is 0.890 bits per heavy atom. The Bertz CT molecular complexity index is 3590. The molecule has 30 heteroatoms. The van der Waals surface area contributed by atoms with Crippen molar-refractivity contribution in [1.82, 2.24) is 52.5 Å². The highest BCUT2D eigenvalue weighted by atomic mass is 16.4. The van der Waals surface area contributed by atoms with Crippen molar-refractivity contribution in [1.29, 1.82) is 0 Å². The largest absolute Gasteiger partial charge is 0.508 e. The molecule has 0 saturated heterocycles. The smallest absolute Gasteiger partial charge is 0.326 e. The Morgan fingerprint density at radius 1 is 0.462 bits per heavy atom. The second kappa shape index (κ2) is 33.0. The number of benzene rings is 4. The molecule has 0 unspecified atom stereocenters. The number of aliphatic carboxylic acids is 3. The number of H-pyrrole nitrogens is 2. The minimum atomic E-state index is -1.95. The lowest BCUT2D eigenvalue weighted by atomic mass is 10.0. The fourth-order valence-electron chi connectivity index (χ4n) is 9.69. The van der Waals surface area contributed by atoms with E-state index >= 15 is 0 Å². The number of hydrogen-bond donors (Lipinski definition) is 18.